The molecule has 0 aliphatic heterocycles. The molecule has 0 saturated carbocycles. The van der Waals surface area contributed by atoms with E-state index in [1.165, 1.54) is 11.3 Å². The van der Waals surface area contributed by atoms with Gasteiger partial charge < -0.3 is 16.0 Å². The smallest absolute Gasteiger partial charge is 0.261 e. The highest BCUT2D eigenvalue weighted by molar-refractivity contribution is 7.12. The molecule has 0 aliphatic rings. The number of thiophene rings is 1. The van der Waals surface area contributed by atoms with Crippen LogP contribution in [0.4, 0.5) is 5.82 Å². The van der Waals surface area contributed by atoms with Crippen LogP contribution in [0.5, 0.6) is 0 Å². The Morgan fingerprint density at radius 1 is 0.963 bits per heavy atom. The van der Waals surface area contributed by atoms with E-state index in [-0.39, 0.29) is 11.8 Å². The van der Waals surface area contributed by atoms with Gasteiger partial charge >= 0.3 is 0 Å². The Hall–Kier alpha value is -3.26. The molecule has 3 N–H and O–H groups in total. The lowest BCUT2D eigenvalue weighted by Crippen LogP contribution is -2.29. The third-order valence-corrected chi connectivity index (χ3v) is 4.56. The number of hydrogen-bond donors (Lipinski definition) is 3. The van der Waals surface area contributed by atoms with Gasteiger partial charge in [0.15, 0.2) is 0 Å². The van der Waals surface area contributed by atoms with Gasteiger partial charge in [0.1, 0.15) is 5.82 Å². The molecule has 0 unspecified atom stereocenters. The minimum absolute atomic E-state index is 0.0950. The van der Waals surface area contributed by atoms with Gasteiger partial charge in [-0.05, 0) is 29.1 Å². The van der Waals surface area contributed by atoms with E-state index in [0.29, 0.717) is 35.9 Å². The van der Waals surface area contributed by atoms with Crippen molar-refractivity contribution >= 4 is 29.0 Å². The maximum Gasteiger partial charge on any atom is 0.261 e. The maximum absolute atomic E-state index is 12.2. The SMILES string of the molecule is O=C(NCCNc1cnccn1)c1ccc(CNC(=O)c2cccs2)cc1. The van der Waals surface area contributed by atoms with E-state index in [9.17, 15) is 9.59 Å². The fourth-order valence-corrected chi connectivity index (χ4v) is 2.95. The maximum atomic E-state index is 12.2. The molecule has 1 aromatic carbocycles. The number of hydrogen-bond acceptors (Lipinski definition) is 6. The molecule has 7 nitrogen and oxygen atoms in total. The quantitative estimate of drug-likeness (QED) is 0.521. The molecule has 0 bridgehead atoms. The average molecular weight is 381 g/mol. The van der Waals surface area contributed by atoms with Gasteiger partial charge in [-0.2, -0.15) is 0 Å². The molecule has 27 heavy (non-hydrogen) atoms. The lowest BCUT2D eigenvalue weighted by molar-refractivity contribution is 0.0945. The number of carbonyl (C=O) groups is 2. The highest BCUT2D eigenvalue weighted by Crippen LogP contribution is 2.09. The Bertz CT molecular complexity index is 867. The first kappa shape index (κ1) is 18.5. The predicted molar refractivity (Wildman–Crippen MR) is 105 cm³/mol. The summed E-state index contributed by atoms with van der Waals surface area (Å²) in [7, 11) is 0. The van der Waals surface area contributed by atoms with Crippen LogP contribution in [-0.2, 0) is 6.54 Å². The second-order valence-corrected chi connectivity index (χ2v) is 6.58. The number of anilines is 1. The predicted octanol–water partition coefficient (Wildman–Crippen LogP) is 2.31. The normalized spacial score (nSPS) is 10.2. The summed E-state index contributed by atoms with van der Waals surface area (Å²) in [6, 6.07) is 10.8. The minimum atomic E-state index is -0.148. The molecule has 0 atom stereocenters. The van der Waals surface area contributed by atoms with Gasteiger partial charge in [0.2, 0.25) is 0 Å². The summed E-state index contributed by atoms with van der Waals surface area (Å²) in [5, 5.41) is 10.6. The Labute approximate surface area is 160 Å². The minimum Gasteiger partial charge on any atom is -0.367 e. The molecule has 2 amide bonds. The summed E-state index contributed by atoms with van der Waals surface area (Å²) in [5.41, 5.74) is 1.50. The fourth-order valence-electron chi connectivity index (χ4n) is 2.31. The number of nitrogens with zero attached hydrogens (tertiary/aromatic N) is 2. The van der Waals surface area contributed by atoms with Gasteiger partial charge in [-0.3, -0.25) is 14.6 Å². The zero-order chi connectivity index (χ0) is 18.9. The molecule has 8 heteroatoms. The summed E-state index contributed by atoms with van der Waals surface area (Å²) in [6.07, 6.45) is 4.83. The molecule has 3 aromatic rings. The van der Waals surface area contributed by atoms with Crippen molar-refractivity contribution in [3.63, 3.8) is 0 Å². The molecule has 0 spiro atoms. The molecular formula is C19H19N5O2S. The van der Waals surface area contributed by atoms with Gasteiger partial charge in [0.05, 0.1) is 11.1 Å². The number of benzene rings is 1. The van der Waals surface area contributed by atoms with Gasteiger partial charge in [-0.25, -0.2) is 4.98 Å². The standard InChI is InChI=1S/C19H19N5O2S/c25-18(23-10-9-22-17-13-20-7-8-21-17)15-5-3-14(4-6-15)12-24-19(26)16-2-1-11-27-16/h1-8,11,13H,9-10,12H2,(H,21,22)(H,23,25)(H,24,26). The van der Waals surface area contributed by atoms with Crippen LogP contribution in [0.2, 0.25) is 0 Å². The third-order valence-electron chi connectivity index (χ3n) is 3.69. The zero-order valence-electron chi connectivity index (χ0n) is 14.5. The van der Waals surface area contributed by atoms with Crippen molar-refractivity contribution in [2.24, 2.45) is 0 Å². The van der Waals surface area contributed by atoms with Crippen molar-refractivity contribution in [2.45, 2.75) is 6.54 Å². The van der Waals surface area contributed by atoms with E-state index in [4.69, 9.17) is 0 Å². The van der Waals surface area contributed by atoms with Gasteiger partial charge in [0, 0.05) is 37.6 Å². The lowest BCUT2D eigenvalue weighted by Gasteiger charge is -2.08. The van der Waals surface area contributed by atoms with Crippen molar-refractivity contribution in [3.8, 4) is 0 Å². The van der Waals surface area contributed by atoms with E-state index < -0.39 is 0 Å². The van der Waals surface area contributed by atoms with Crippen LogP contribution in [0.15, 0.2) is 60.4 Å². The van der Waals surface area contributed by atoms with Crippen molar-refractivity contribution in [1.29, 1.82) is 0 Å². The first-order chi connectivity index (χ1) is 13.2. The molecule has 0 saturated heterocycles. The zero-order valence-corrected chi connectivity index (χ0v) is 15.3. The molecule has 0 fully saturated rings. The van der Waals surface area contributed by atoms with E-state index in [1.807, 2.05) is 23.6 Å². The van der Waals surface area contributed by atoms with Crippen LogP contribution in [0.3, 0.4) is 0 Å². The summed E-state index contributed by atoms with van der Waals surface area (Å²) in [4.78, 5) is 32.8. The van der Waals surface area contributed by atoms with E-state index >= 15 is 0 Å². The Morgan fingerprint density at radius 2 is 1.81 bits per heavy atom. The highest BCUT2D eigenvalue weighted by atomic mass is 32.1. The second-order valence-electron chi connectivity index (χ2n) is 5.63. The number of carbonyl (C=O) groups excluding carboxylic acids is 2. The lowest BCUT2D eigenvalue weighted by atomic mass is 10.1. The van der Waals surface area contributed by atoms with Crippen molar-refractivity contribution in [3.05, 3.63) is 76.4 Å². The number of nitrogens with one attached hydrogen (secondary N) is 3. The molecule has 0 radical (unpaired) electrons. The second kappa shape index (κ2) is 9.44. The van der Waals surface area contributed by atoms with Gasteiger partial charge in [-0.15, -0.1) is 11.3 Å². The molecule has 0 aliphatic carbocycles. The molecular weight excluding hydrogens is 362 g/mol. The fraction of sp³-hybridized carbons (Fsp3) is 0.158. The van der Waals surface area contributed by atoms with E-state index in [2.05, 4.69) is 25.9 Å². The van der Waals surface area contributed by atoms with Crippen molar-refractivity contribution in [1.82, 2.24) is 20.6 Å². The highest BCUT2D eigenvalue weighted by Gasteiger charge is 2.07. The topological polar surface area (TPSA) is 96.0 Å². The van der Waals surface area contributed by atoms with Crippen LogP contribution in [0, 0.1) is 0 Å². The summed E-state index contributed by atoms with van der Waals surface area (Å²) in [5.74, 6) is 0.424. The molecule has 138 valence electrons. The van der Waals surface area contributed by atoms with Crippen molar-refractivity contribution in [2.75, 3.05) is 18.4 Å². The average Bonchev–Trinajstić information content (AvgIpc) is 3.25. The number of rotatable bonds is 8. The Kier molecular flexibility index (Phi) is 6.48. The van der Waals surface area contributed by atoms with Crippen LogP contribution >= 0.6 is 11.3 Å². The first-order valence-electron chi connectivity index (χ1n) is 8.41. The van der Waals surface area contributed by atoms with Crippen molar-refractivity contribution < 1.29 is 9.59 Å². The monoisotopic (exact) mass is 381 g/mol. The number of amides is 2. The summed E-state index contributed by atoms with van der Waals surface area (Å²) in [6.45, 7) is 1.44. The Balaban J connectivity index is 1.41. The third kappa shape index (κ3) is 5.61. The molecule has 2 aromatic heterocycles. The molecule has 2 heterocycles. The van der Waals surface area contributed by atoms with E-state index in [0.717, 1.165) is 5.56 Å². The largest absolute Gasteiger partial charge is 0.367 e. The van der Waals surface area contributed by atoms with Crippen LogP contribution in [0.1, 0.15) is 25.6 Å². The molecule has 3 rings (SSSR count). The first-order valence-corrected chi connectivity index (χ1v) is 9.29. The Morgan fingerprint density at radius 3 is 2.52 bits per heavy atom. The summed E-state index contributed by atoms with van der Waals surface area (Å²) >= 11 is 1.40. The van der Waals surface area contributed by atoms with E-state index in [1.54, 1.807) is 36.8 Å². The van der Waals surface area contributed by atoms with Crippen LogP contribution in [-0.4, -0.2) is 34.9 Å². The number of aromatic nitrogens is 2. The van der Waals surface area contributed by atoms with Crippen LogP contribution < -0.4 is 16.0 Å². The van der Waals surface area contributed by atoms with Gasteiger partial charge in [-0.1, -0.05) is 18.2 Å². The van der Waals surface area contributed by atoms with Crippen LogP contribution in [0.25, 0.3) is 0 Å². The van der Waals surface area contributed by atoms with Gasteiger partial charge in [0.25, 0.3) is 11.8 Å². The summed E-state index contributed by atoms with van der Waals surface area (Å²) < 4.78 is 0.